The summed E-state index contributed by atoms with van der Waals surface area (Å²) in [5.74, 6) is -0.113. The van der Waals surface area contributed by atoms with Crippen LogP contribution in [-0.4, -0.2) is 18.7 Å². The average Bonchev–Trinajstić information content (AvgIpc) is 2.35. The van der Waals surface area contributed by atoms with Crippen LogP contribution in [0.3, 0.4) is 0 Å². The topological polar surface area (TPSA) is 43.4 Å². The third-order valence-corrected chi connectivity index (χ3v) is 3.20. The van der Waals surface area contributed by atoms with Crippen molar-refractivity contribution in [1.82, 2.24) is 0 Å². The second kappa shape index (κ2) is 6.01. The fourth-order valence-corrected chi connectivity index (χ4v) is 1.98. The molecule has 98 valence electrons. The molecule has 0 aliphatic rings. The number of rotatable bonds is 5. The van der Waals surface area contributed by atoms with Gasteiger partial charge < -0.3 is 4.74 Å². The van der Waals surface area contributed by atoms with Crippen LogP contribution in [0.5, 0.6) is 5.75 Å². The summed E-state index contributed by atoms with van der Waals surface area (Å²) in [4.78, 5) is 22.6. The van der Waals surface area contributed by atoms with Crippen LogP contribution in [0.2, 0.25) is 0 Å². The zero-order valence-electron chi connectivity index (χ0n) is 11.0. The van der Waals surface area contributed by atoms with Crippen molar-refractivity contribution in [3.63, 3.8) is 0 Å². The SMILES string of the molecule is COc1ccc(C(Cl)C(=O)C(C)=O)cc1C(C)C. The first-order chi connectivity index (χ1) is 8.38. The van der Waals surface area contributed by atoms with E-state index in [4.69, 9.17) is 16.3 Å². The first-order valence-corrected chi connectivity index (χ1v) is 6.18. The molecule has 1 aromatic carbocycles. The van der Waals surface area contributed by atoms with Gasteiger partial charge in [-0.25, -0.2) is 0 Å². The van der Waals surface area contributed by atoms with Gasteiger partial charge in [0.25, 0.3) is 0 Å². The normalized spacial score (nSPS) is 12.3. The molecule has 0 aromatic heterocycles. The second-order valence-electron chi connectivity index (χ2n) is 4.44. The smallest absolute Gasteiger partial charge is 0.220 e. The van der Waals surface area contributed by atoms with Crippen molar-refractivity contribution in [2.75, 3.05) is 7.11 Å². The van der Waals surface area contributed by atoms with Gasteiger partial charge in [0.1, 0.15) is 11.1 Å². The van der Waals surface area contributed by atoms with Gasteiger partial charge in [0.2, 0.25) is 5.78 Å². The minimum atomic E-state index is -0.925. The van der Waals surface area contributed by atoms with E-state index < -0.39 is 16.9 Å². The van der Waals surface area contributed by atoms with Crippen LogP contribution in [0.15, 0.2) is 18.2 Å². The van der Waals surface area contributed by atoms with E-state index in [1.165, 1.54) is 6.92 Å². The Bertz CT molecular complexity index is 466. The molecule has 0 aliphatic carbocycles. The lowest BCUT2D eigenvalue weighted by molar-refractivity contribution is -0.135. The molecule has 18 heavy (non-hydrogen) atoms. The first-order valence-electron chi connectivity index (χ1n) is 5.75. The van der Waals surface area contributed by atoms with Gasteiger partial charge in [0, 0.05) is 6.92 Å². The van der Waals surface area contributed by atoms with E-state index in [1.807, 2.05) is 19.9 Å². The van der Waals surface area contributed by atoms with Crippen LogP contribution in [0.4, 0.5) is 0 Å². The Hall–Kier alpha value is -1.35. The maximum Gasteiger partial charge on any atom is 0.220 e. The molecule has 0 bridgehead atoms. The summed E-state index contributed by atoms with van der Waals surface area (Å²) < 4.78 is 5.25. The van der Waals surface area contributed by atoms with Crippen molar-refractivity contribution in [2.24, 2.45) is 0 Å². The molecular weight excluding hydrogens is 252 g/mol. The second-order valence-corrected chi connectivity index (χ2v) is 4.88. The molecule has 1 aromatic rings. The standard InChI is InChI=1S/C14H17ClO3/c1-8(2)11-7-10(5-6-12(11)18-4)13(15)14(17)9(3)16/h5-8,13H,1-4H3. The maximum absolute atomic E-state index is 11.6. The molecule has 0 aliphatic heterocycles. The number of carbonyl (C=O) groups is 2. The van der Waals surface area contributed by atoms with E-state index in [2.05, 4.69) is 0 Å². The minimum absolute atomic E-state index is 0.246. The summed E-state index contributed by atoms with van der Waals surface area (Å²) in [6.45, 7) is 5.28. The van der Waals surface area contributed by atoms with Crippen molar-refractivity contribution in [3.05, 3.63) is 29.3 Å². The van der Waals surface area contributed by atoms with Gasteiger partial charge in [-0.15, -0.1) is 11.6 Å². The Labute approximate surface area is 112 Å². The largest absolute Gasteiger partial charge is 0.496 e. The maximum atomic E-state index is 11.6. The average molecular weight is 269 g/mol. The molecule has 0 heterocycles. The van der Waals surface area contributed by atoms with E-state index in [0.717, 1.165) is 11.3 Å². The molecule has 0 fully saturated rings. The fourth-order valence-electron chi connectivity index (χ4n) is 1.69. The number of alkyl halides is 1. The first kappa shape index (κ1) is 14.7. The van der Waals surface area contributed by atoms with Crippen LogP contribution in [0.1, 0.15) is 43.2 Å². The number of hydrogen-bond acceptors (Lipinski definition) is 3. The predicted molar refractivity (Wildman–Crippen MR) is 71.4 cm³/mol. The van der Waals surface area contributed by atoms with Crippen molar-refractivity contribution < 1.29 is 14.3 Å². The van der Waals surface area contributed by atoms with Gasteiger partial charge in [-0.3, -0.25) is 9.59 Å². The van der Waals surface area contributed by atoms with E-state index in [0.29, 0.717) is 5.56 Å². The number of halogens is 1. The molecular formula is C14H17ClO3. The third-order valence-electron chi connectivity index (χ3n) is 2.75. The molecule has 0 radical (unpaired) electrons. The van der Waals surface area contributed by atoms with Crippen LogP contribution in [-0.2, 0) is 9.59 Å². The zero-order chi connectivity index (χ0) is 13.9. The molecule has 0 saturated heterocycles. The van der Waals surface area contributed by atoms with Crippen LogP contribution in [0.25, 0.3) is 0 Å². The van der Waals surface area contributed by atoms with E-state index in [9.17, 15) is 9.59 Å². The molecule has 0 spiro atoms. The van der Waals surface area contributed by atoms with Gasteiger partial charge in [0.05, 0.1) is 7.11 Å². The number of carbonyl (C=O) groups excluding carboxylic acids is 2. The lowest BCUT2D eigenvalue weighted by Crippen LogP contribution is -2.15. The Morgan fingerprint density at radius 2 is 1.89 bits per heavy atom. The molecule has 3 nitrogen and oxygen atoms in total. The fraction of sp³-hybridized carbons (Fsp3) is 0.429. The summed E-state index contributed by atoms with van der Waals surface area (Å²) in [5, 5.41) is -0.925. The van der Waals surface area contributed by atoms with Crippen molar-refractivity contribution in [1.29, 1.82) is 0 Å². The lowest BCUT2D eigenvalue weighted by Gasteiger charge is -2.15. The van der Waals surface area contributed by atoms with E-state index in [1.54, 1.807) is 19.2 Å². The Morgan fingerprint density at radius 1 is 1.28 bits per heavy atom. The molecule has 1 rings (SSSR count). The van der Waals surface area contributed by atoms with Crippen LogP contribution >= 0.6 is 11.6 Å². The van der Waals surface area contributed by atoms with Crippen LogP contribution < -0.4 is 4.74 Å². The highest BCUT2D eigenvalue weighted by Crippen LogP contribution is 2.31. The van der Waals surface area contributed by atoms with Gasteiger partial charge in [-0.05, 0) is 29.2 Å². The van der Waals surface area contributed by atoms with Gasteiger partial charge in [0.15, 0.2) is 5.78 Å². The molecule has 0 amide bonds. The highest BCUT2D eigenvalue weighted by Gasteiger charge is 2.22. The summed E-state index contributed by atoms with van der Waals surface area (Å²) in [5.41, 5.74) is 1.60. The molecule has 1 unspecified atom stereocenters. The quantitative estimate of drug-likeness (QED) is 0.608. The Morgan fingerprint density at radius 3 is 2.33 bits per heavy atom. The summed E-state index contributed by atoms with van der Waals surface area (Å²) >= 11 is 6.01. The van der Waals surface area contributed by atoms with Crippen molar-refractivity contribution in [2.45, 2.75) is 32.1 Å². The third kappa shape index (κ3) is 3.10. The highest BCUT2D eigenvalue weighted by atomic mass is 35.5. The number of ether oxygens (including phenoxy) is 1. The lowest BCUT2D eigenvalue weighted by atomic mass is 9.97. The van der Waals surface area contributed by atoms with E-state index in [-0.39, 0.29) is 5.92 Å². The predicted octanol–water partition coefficient (Wildman–Crippen LogP) is 3.26. The number of methoxy groups -OCH3 is 1. The van der Waals surface area contributed by atoms with Crippen molar-refractivity contribution in [3.8, 4) is 5.75 Å². The summed E-state index contributed by atoms with van der Waals surface area (Å²) in [6.07, 6.45) is 0. The summed E-state index contributed by atoms with van der Waals surface area (Å²) in [6, 6.07) is 5.30. The molecule has 1 atom stereocenters. The number of hydrogen-bond donors (Lipinski definition) is 0. The molecule has 4 heteroatoms. The van der Waals surface area contributed by atoms with Crippen LogP contribution in [0, 0.1) is 0 Å². The van der Waals surface area contributed by atoms with Crippen molar-refractivity contribution >= 4 is 23.2 Å². The summed E-state index contributed by atoms with van der Waals surface area (Å²) in [7, 11) is 1.60. The Kier molecular flexibility index (Phi) is 4.91. The minimum Gasteiger partial charge on any atom is -0.496 e. The monoisotopic (exact) mass is 268 g/mol. The Balaban J connectivity index is 3.16. The van der Waals surface area contributed by atoms with Gasteiger partial charge in [-0.1, -0.05) is 19.9 Å². The number of Topliss-reactive ketones (excluding diaryl/α,β-unsaturated/α-hetero) is 2. The number of ketones is 2. The van der Waals surface area contributed by atoms with Gasteiger partial charge >= 0.3 is 0 Å². The molecule has 0 N–H and O–H groups in total. The van der Waals surface area contributed by atoms with E-state index >= 15 is 0 Å². The zero-order valence-corrected chi connectivity index (χ0v) is 11.7. The number of benzene rings is 1. The highest BCUT2D eigenvalue weighted by molar-refractivity contribution is 6.48. The molecule has 0 saturated carbocycles. The van der Waals surface area contributed by atoms with Gasteiger partial charge in [-0.2, -0.15) is 0 Å².